The second-order valence-electron chi connectivity index (χ2n) is 3.05. The van der Waals surface area contributed by atoms with E-state index in [1.54, 1.807) is 6.92 Å². The van der Waals surface area contributed by atoms with Crippen molar-refractivity contribution < 1.29 is 13.9 Å². The van der Waals surface area contributed by atoms with Crippen LogP contribution in [0.5, 0.6) is 0 Å². The Balaban J connectivity index is 2.98. The van der Waals surface area contributed by atoms with Crippen LogP contribution in [0.3, 0.4) is 0 Å². The van der Waals surface area contributed by atoms with Gasteiger partial charge in [-0.25, -0.2) is 4.39 Å². The third kappa shape index (κ3) is 2.22. The molecule has 0 heterocycles. The van der Waals surface area contributed by atoms with Crippen molar-refractivity contribution in [2.45, 2.75) is 13.3 Å². The summed E-state index contributed by atoms with van der Waals surface area (Å²) < 4.78 is 17.4. The number of anilines is 1. The lowest BCUT2D eigenvalue weighted by atomic mass is 10.0. The zero-order valence-corrected chi connectivity index (χ0v) is 8.13. The molecule has 0 aliphatic heterocycles. The van der Waals surface area contributed by atoms with E-state index in [0.717, 1.165) is 0 Å². The fraction of sp³-hybridized carbons (Fsp3) is 0.300. The van der Waals surface area contributed by atoms with Crippen LogP contribution in [0, 0.1) is 12.7 Å². The maximum absolute atomic E-state index is 12.9. The highest BCUT2D eigenvalue weighted by Crippen LogP contribution is 2.17. The van der Waals surface area contributed by atoms with E-state index in [1.807, 2.05) is 0 Å². The number of ether oxygens (including phenoxy) is 1. The first-order valence-electron chi connectivity index (χ1n) is 4.16. The highest BCUT2D eigenvalue weighted by Gasteiger charge is 2.08. The number of rotatable bonds is 2. The van der Waals surface area contributed by atoms with Gasteiger partial charge in [0, 0.05) is 0 Å². The van der Waals surface area contributed by atoms with Crippen molar-refractivity contribution in [1.29, 1.82) is 0 Å². The van der Waals surface area contributed by atoms with Crippen LogP contribution >= 0.6 is 0 Å². The van der Waals surface area contributed by atoms with Crippen LogP contribution in [0.15, 0.2) is 12.1 Å². The minimum Gasteiger partial charge on any atom is -0.469 e. The molecule has 3 nitrogen and oxygen atoms in total. The molecule has 1 aromatic carbocycles. The second kappa shape index (κ2) is 4.09. The van der Waals surface area contributed by atoms with E-state index in [0.29, 0.717) is 11.1 Å². The third-order valence-electron chi connectivity index (χ3n) is 2.02. The molecule has 0 saturated carbocycles. The van der Waals surface area contributed by atoms with E-state index in [4.69, 9.17) is 5.73 Å². The molecular weight excluding hydrogens is 185 g/mol. The molecule has 0 aliphatic rings. The molecule has 0 unspecified atom stereocenters. The second-order valence-corrected chi connectivity index (χ2v) is 3.05. The molecule has 0 saturated heterocycles. The first kappa shape index (κ1) is 10.5. The van der Waals surface area contributed by atoms with Crippen LogP contribution in [0.4, 0.5) is 10.1 Å². The highest BCUT2D eigenvalue weighted by molar-refractivity contribution is 5.73. The van der Waals surface area contributed by atoms with E-state index < -0.39 is 5.82 Å². The van der Waals surface area contributed by atoms with Crippen molar-refractivity contribution in [3.63, 3.8) is 0 Å². The van der Waals surface area contributed by atoms with Gasteiger partial charge in [0.05, 0.1) is 19.2 Å². The molecule has 0 spiro atoms. The maximum atomic E-state index is 12.9. The number of nitrogen functional groups attached to an aromatic ring is 1. The number of halogens is 1. The lowest BCUT2D eigenvalue weighted by molar-refractivity contribution is -0.139. The number of esters is 1. The van der Waals surface area contributed by atoms with E-state index in [9.17, 15) is 9.18 Å². The summed E-state index contributed by atoms with van der Waals surface area (Å²) in [5.74, 6) is -0.824. The number of nitrogens with two attached hydrogens (primary N) is 1. The Hall–Kier alpha value is -1.58. The number of carbonyl (C=O) groups is 1. The van der Waals surface area contributed by atoms with Crippen molar-refractivity contribution >= 4 is 11.7 Å². The number of carbonyl (C=O) groups excluding carboxylic acids is 1. The van der Waals surface area contributed by atoms with Crippen LogP contribution in [0.25, 0.3) is 0 Å². The molecule has 76 valence electrons. The summed E-state index contributed by atoms with van der Waals surface area (Å²) in [6.45, 7) is 1.72. The molecule has 1 rings (SSSR count). The van der Waals surface area contributed by atoms with Gasteiger partial charge < -0.3 is 10.5 Å². The average Bonchev–Trinajstić information content (AvgIpc) is 2.14. The summed E-state index contributed by atoms with van der Waals surface area (Å²) in [5, 5.41) is 0. The first-order chi connectivity index (χ1) is 6.54. The number of hydrogen-bond donors (Lipinski definition) is 1. The Bertz CT molecular complexity index is 363. The highest BCUT2D eigenvalue weighted by atomic mass is 19.1. The van der Waals surface area contributed by atoms with Gasteiger partial charge >= 0.3 is 5.97 Å². The van der Waals surface area contributed by atoms with E-state index in [-0.39, 0.29) is 18.1 Å². The van der Waals surface area contributed by atoms with Crippen LogP contribution in [0.1, 0.15) is 11.1 Å². The summed E-state index contributed by atoms with van der Waals surface area (Å²) in [6.07, 6.45) is 0.118. The number of aryl methyl sites for hydroxylation is 1. The van der Waals surface area contributed by atoms with E-state index in [2.05, 4.69) is 4.74 Å². The molecule has 0 atom stereocenters. The molecule has 14 heavy (non-hydrogen) atoms. The maximum Gasteiger partial charge on any atom is 0.309 e. The molecule has 4 heteroatoms. The summed E-state index contributed by atoms with van der Waals surface area (Å²) >= 11 is 0. The number of benzene rings is 1. The van der Waals surface area contributed by atoms with Crippen LogP contribution in [0.2, 0.25) is 0 Å². The summed E-state index contributed by atoms with van der Waals surface area (Å²) in [7, 11) is 1.31. The predicted octanol–water partition coefficient (Wildman–Crippen LogP) is 1.43. The van der Waals surface area contributed by atoms with Crippen molar-refractivity contribution in [1.82, 2.24) is 0 Å². The standard InChI is InChI=1S/C10H12FNO2/c1-6-3-8(11)9(12)4-7(6)5-10(13)14-2/h3-4H,5,12H2,1-2H3. The van der Waals surface area contributed by atoms with Gasteiger partial charge in [-0.3, -0.25) is 4.79 Å². The van der Waals surface area contributed by atoms with Crippen LogP contribution in [-0.2, 0) is 16.0 Å². The van der Waals surface area contributed by atoms with Gasteiger partial charge in [0.15, 0.2) is 0 Å². The van der Waals surface area contributed by atoms with Gasteiger partial charge in [-0.15, -0.1) is 0 Å². The molecule has 0 aromatic heterocycles. The Kier molecular flexibility index (Phi) is 3.06. The molecule has 0 fully saturated rings. The van der Waals surface area contributed by atoms with Gasteiger partial charge in [-0.05, 0) is 30.2 Å². The third-order valence-corrected chi connectivity index (χ3v) is 2.02. The van der Waals surface area contributed by atoms with Crippen molar-refractivity contribution in [3.05, 3.63) is 29.1 Å². The quantitative estimate of drug-likeness (QED) is 0.576. The minimum atomic E-state index is -0.462. The molecule has 0 radical (unpaired) electrons. The molecule has 0 aliphatic carbocycles. The Morgan fingerprint density at radius 2 is 2.21 bits per heavy atom. The Labute approximate surface area is 81.7 Å². The average molecular weight is 197 g/mol. The van der Waals surface area contributed by atoms with Crippen LogP contribution in [-0.4, -0.2) is 13.1 Å². The fourth-order valence-corrected chi connectivity index (χ4v) is 1.15. The summed E-state index contributed by atoms with van der Waals surface area (Å²) in [4.78, 5) is 11.0. The molecule has 0 amide bonds. The number of hydrogen-bond acceptors (Lipinski definition) is 3. The molecular formula is C10H12FNO2. The predicted molar refractivity (Wildman–Crippen MR) is 51.3 cm³/mol. The van der Waals surface area contributed by atoms with Gasteiger partial charge in [0.25, 0.3) is 0 Å². The summed E-state index contributed by atoms with van der Waals surface area (Å²) in [5.41, 5.74) is 6.82. The van der Waals surface area contributed by atoms with Crippen LogP contribution < -0.4 is 5.73 Å². The number of methoxy groups -OCH3 is 1. The zero-order valence-electron chi connectivity index (χ0n) is 8.13. The first-order valence-corrected chi connectivity index (χ1v) is 4.16. The SMILES string of the molecule is COC(=O)Cc1cc(N)c(F)cc1C. The van der Waals surface area contributed by atoms with Crippen molar-refractivity contribution in [2.24, 2.45) is 0 Å². The fourth-order valence-electron chi connectivity index (χ4n) is 1.15. The molecule has 0 bridgehead atoms. The Morgan fingerprint density at radius 1 is 1.57 bits per heavy atom. The summed E-state index contributed by atoms with van der Waals surface area (Å²) in [6, 6.07) is 2.77. The van der Waals surface area contributed by atoms with Gasteiger partial charge in [0.2, 0.25) is 0 Å². The lowest BCUT2D eigenvalue weighted by Crippen LogP contribution is -2.07. The van der Waals surface area contributed by atoms with Crippen molar-refractivity contribution in [2.75, 3.05) is 12.8 Å². The van der Waals surface area contributed by atoms with Gasteiger partial charge in [-0.2, -0.15) is 0 Å². The van der Waals surface area contributed by atoms with Gasteiger partial charge in [0.1, 0.15) is 5.82 Å². The van der Waals surface area contributed by atoms with E-state index in [1.165, 1.54) is 19.2 Å². The molecule has 1 aromatic rings. The lowest BCUT2D eigenvalue weighted by Gasteiger charge is -2.06. The van der Waals surface area contributed by atoms with Gasteiger partial charge in [-0.1, -0.05) is 0 Å². The zero-order chi connectivity index (χ0) is 10.7. The molecule has 2 N–H and O–H groups in total. The monoisotopic (exact) mass is 197 g/mol. The minimum absolute atomic E-state index is 0.0505. The Morgan fingerprint density at radius 3 is 2.79 bits per heavy atom. The van der Waals surface area contributed by atoms with E-state index >= 15 is 0 Å². The smallest absolute Gasteiger partial charge is 0.309 e. The normalized spacial score (nSPS) is 9.93. The van der Waals surface area contributed by atoms with Crippen molar-refractivity contribution in [3.8, 4) is 0 Å². The topological polar surface area (TPSA) is 52.3 Å². The largest absolute Gasteiger partial charge is 0.469 e.